The van der Waals surface area contributed by atoms with Gasteiger partial charge in [0, 0.05) is 30.8 Å². The Kier molecular flexibility index (Phi) is 5.30. The lowest BCUT2D eigenvalue weighted by Gasteiger charge is -2.30. The van der Waals surface area contributed by atoms with Crippen molar-refractivity contribution in [3.8, 4) is 11.5 Å². The molecule has 0 N–H and O–H groups in total. The van der Waals surface area contributed by atoms with Gasteiger partial charge in [-0.15, -0.1) is 10.2 Å². The van der Waals surface area contributed by atoms with Crippen molar-refractivity contribution in [3.63, 3.8) is 0 Å². The van der Waals surface area contributed by atoms with Gasteiger partial charge in [-0.3, -0.25) is 14.9 Å². The minimum atomic E-state index is -0.479. The second kappa shape index (κ2) is 8.04. The number of nitro benzene ring substituents is 1. The second-order valence-corrected chi connectivity index (χ2v) is 8.01. The number of nitro groups is 1. The number of hydrogen-bond donors (Lipinski definition) is 0. The Morgan fingerprint density at radius 2 is 2.00 bits per heavy atom. The van der Waals surface area contributed by atoms with Crippen molar-refractivity contribution < 1.29 is 14.1 Å². The lowest BCUT2D eigenvalue weighted by molar-refractivity contribution is -0.384. The normalized spacial score (nSPS) is 14.3. The molecule has 0 aliphatic carbocycles. The highest BCUT2D eigenvalue weighted by Crippen LogP contribution is 2.29. The van der Waals surface area contributed by atoms with Gasteiger partial charge in [-0.25, -0.2) is 0 Å². The maximum atomic E-state index is 12.8. The highest BCUT2D eigenvalue weighted by molar-refractivity contribution is 8.00. The third-order valence-electron chi connectivity index (χ3n) is 4.78. The minimum absolute atomic E-state index is 0.0135. The van der Waals surface area contributed by atoms with E-state index in [9.17, 15) is 14.9 Å². The zero-order valence-electron chi connectivity index (χ0n) is 15.6. The molecule has 0 saturated carbocycles. The molecule has 3 aromatic rings. The molecule has 4 rings (SSSR count). The highest BCUT2D eigenvalue weighted by atomic mass is 32.2. The second-order valence-electron chi connectivity index (χ2n) is 6.72. The standard InChI is InChI=1S/C20H18N4O4S/c1-13(19(25)23-10-9-14-5-2-3-6-16(14)12-23)29-20-22-21-18(28-20)15-7-4-8-17(11-15)24(26)27/h2-8,11,13H,9-10,12H2,1H3/t13-/m0/s1. The van der Waals surface area contributed by atoms with Gasteiger partial charge < -0.3 is 9.32 Å². The predicted octanol–water partition coefficient (Wildman–Crippen LogP) is 3.71. The zero-order valence-corrected chi connectivity index (χ0v) is 16.5. The van der Waals surface area contributed by atoms with E-state index in [1.54, 1.807) is 12.1 Å². The van der Waals surface area contributed by atoms with E-state index >= 15 is 0 Å². The van der Waals surface area contributed by atoms with Gasteiger partial charge in [0.2, 0.25) is 11.8 Å². The summed E-state index contributed by atoms with van der Waals surface area (Å²) >= 11 is 1.19. The average molecular weight is 410 g/mol. The molecule has 2 aromatic carbocycles. The first-order valence-corrected chi connectivity index (χ1v) is 10.00. The van der Waals surface area contributed by atoms with E-state index in [1.807, 2.05) is 24.0 Å². The molecule has 0 fully saturated rings. The zero-order chi connectivity index (χ0) is 20.4. The van der Waals surface area contributed by atoms with Gasteiger partial charge in [0.25, 0.3) is 10.9 Å². The van der Waals surface area contributed by atoms with Crippen LogP contribution in [0.15, 0.2) is 58.2 Å². The van der Waals surface area contributed by atoms with Gasteiger partial charge in [-0.05, 0) is 30.5 Å². The van der Waals surface area contributed by atoms with E-state index in [0.29, 0.717) is 18.7 Å². The van der Waals surface area contributed by atoms with Crippen molar-refractivity contribution in [3.05, 3.63) is 69.8 Å². The summed E-state index contributed by atoms with van der Waals surface area (Å²) in [5.41, 5.74) is 2.87. The summed E-state index contributed by atoms with van der Waals surface area (Å²) in [6.45, 7) is 3.09. The van der Waals surface area contributed by atoms with Crippen LogP contribution in [0.1, 0.15) is 18.1 Å². The number of carbonyl (C=O) groups is 1. The smallest absolute Gasteiger partial charge is 0.277 e. The van der Waals surface area contributed by atoms with Crippen LogP contribution in [0.2, 0.25) is 0 Å². The molecular weight excluding hydrogens is 392 g/mol. The first-order chi connectivity index (χ1) is 14.0. The molecule has 1 atom stereocenters. The Morgan fingerprint density at radius 1 is 1.21 bits per heavy atom. The van der Waals surface area contributed by atoms with Crippen LogP contribution in [0, 0.1) is 10.1 Å². The van der Waals surface area contributed by atoms with Crippen molar-refractivity contribution in [2.24, 2.45) is 0 Å². The fourth-order valence-corrected chi connectivity index (χ4v) is 4.04. The van der Waals surface area contributed by atoms with Crippen LogP contribution in [0.4, 0.5) is 5.69 Å². The summed E-state index contributed by atoms with van der Waals surface area (Å²) in [6.07, 6.45) is 0.844. The fraction of sp³-hybridized carbons (Fsp3) is 0.250. The van der Waals surface area contributed by atoms with E-state index in [1.165, 1.54) is 35.0 Å². The van der Waals surface area contributed by atoms with Crippen LogP contribution in [-0.4, -0.2) is 37.7 Å². The molecule has 1 aromatic heterocycles. The SMILES string of the molecule is C[C@H](Sc1nnc(-c2cccc([N+](=O)[O-])c2)o1)C(=O)N1CCc2ccccc2C1. The van der Waals surface area contributed by atoms with Crippen LogP contribution in [-0.2, 0) is 17.8 Å². The minimum Gasteiger partial charge on any atom is -0.411 e. The quantitative estimate of drug-likeness (QED) is 0.359. The van der Waals surface area contributed by atoms with Crippen molar-refractivity contribution in [1.82, 2.24) is 15.1 Å². The molecular formula is C20H18N4O4S. The van der Waals surface area contributed by atoms with Gasteiger partial charge >= 0.3 is 0 Å². The molecule has 0 saturated heterocycles. The molecule has 2 heterocycles. The van der Waals surface area contributed by atoms with Gasteiger partial charge in [-0.2, -0.15) is 0 Å². The maximum Gasteiger partial charge on any atom is 0.277 e. The Balaban J connectivity index is 1.43. The van der Waals surface area contributed by atoms with E-state index in [0.717, 1.165) is 6.42 Å². The summed E-state index contributed by atoms with van der Waals surface area (Å²) in [7, 11) is 0. The largest absolute Gasteiger partial charge is 0.411 e. The van der Waals surface area contributed by atoms with E-state index in [-0.39, 0.29) is 22.7 Å². The van der Waals surface area contributed by atoms with Crippen LogP contribution < -0.4 is 0 Å². The van der Waals surface area contributed by atoms with Crippen molar-refractivity contribution >= 4 is 23.4 Å². The van der Waals surface area contributed by atoms with Crippen molar-refractivity contribution in [2.45, 2.75) is 30.4 Å². The number of nitrogens with zero attached hydrogens (tertiary/aromatic N) is 4. The Morgan fingerprint density at radius 3 is 2.79 bits per heavy atom. The molecule has 1 amide bonds. The number of benzene rings is 2. The monoisotopic (exact) mass is 410 g/mol. The molecule has 29 heavy (non-hydrogen) atoms. The number of fused-ring (bicyclic) bond motifs is 1. The molecule has 0 radical (unpaired) electrons. The molecule has 1 aliphatic heterocycles. The first kappa shape index (κ1) is 19.1. The third-order valence-corrected chi connectivity index (χ3v) is 5.70. The molecule has 1 aliphatic rings. The fourth-order valence-electron chi connectivity index (χ4n) is 3.27. The number of carbonyl (C=O) groups excluding carboxylic acids is 1. The highest BCUT2D eigenvalue weighted by Gasteiger charge is 2.26. The van der Waals surface area contributed by atoms with E-state index in [4.69, 9.17) is 4.42 Å². The Bertz CT molecular complexity index is 1070. The van der Waals surface area contributed by atoms with Crippen molar-refractivity contribution in [2.75, 3.05) is 6.54 Å². The number of thioether (sulfide) groups is 1. The Hall–Kier alpha value is -3.20. The number of rotatable bonds is 5. The lowest BCUT2D eigenvalue weighted by atomic mass is 10.00. The van der Waals surface area contributed by atoms with Gasteiger partial charge in [0.15, 0.2) is 0 Å². The summed E-state index contributed by atoms with van der Waals surface area (Å²) in [5, 5.41) is 18.7. The first-order valence-electron chi connectivity index (χ1n) is 9.12. The van der Waals surface area contributed by atoms with E-state index < -0.39 is 10.2 Å². The van der Waals surface area contributed by atoms with Gasteiger partial charge in [-0.1, -0.05) is 42.1 Å². The molecule has 0 spiro atoms. The summed E-state index contributed by atoms with van der Waals surface area (Å²) in [5.74, 6) is 0.197. The lowest BCUT2D eigenvalue weighted by Crippen LogP contribution is -2.40. The number of non-ortho nitro benzene ring substituents is 1. The van der Waals surface area contributed by atoms with Crippen LogP contribution in [0.3, 0.4) is 0 Å². The van der Waals surface area contributed by atoms with Gasteiger partial charge in [0.1, 0.15) is 0 Å². The van der Waals surface area contributed by atoms with Crippen LogP contribution in [0.25, 0.3) is 11.5 Å². The number of amides is 1. The van der Waals surface area contributed by atoms with E-state index in [2.05, 4.69) is 22.3 Å². The number of aromatic nitrogens is 2. The maximum absolute atomic E-state index is 12.8. The molecule has 0 unspecified atom stereocenters. The van der Waals surface area contributed by atoms with Crippen LogP contribution >= 0.6 is 11.8 Å². The summed E-state index contributed by atoms with van der Waals surface area (Å²) in [4.78, 5) is 25.1. The van der Waals surface area contributed by atoms with Gasteiger partial charge in [0.05, 0.1) is 10.2 Å². The third kappa shape index (κ3) is 4.14. The summed E-state index contributed by atoms with van der Waals surface area (Å²) < 4.78 is 5.62. The molecule has 148 valence electrons. The topological polar surface area (TPSA) is 102 Å². The average Bonchev–Trinajstić information content (AvgIpc) is 3.21. The number of hydrogen-bond acceptors (Lipinski definition) is 7. The molecule has 9 heteroatoms. The predicted molar refractivity (Wildman–Crippen MR) is 107 cm³/mol. The van der Waals surface area contributed by atoms with Crippen molar-refractivity contribution in [1.29, 1.82) is 0 Å². The summed E-state index contributed by atoms with van der Waals surface area (Å²) in [6, 6.07) is 14.1. The Labute approximate surface area is 171 Å². The van der Waals surface area contributed by atoms with Crippen LogP contribution in [0.5, 0.6) is 0 Å². The molecule has 8 nitrogen and oxygen atoms in total. The molecule has 0 bridgehead atoms.